The Labute approximate surface area is 158 Å². The molecule has 0 unspecified atom stereocenters. The number of anilines is 1. The van der Waals surface area contributed by atoms with Gasteiger partial charge in [0.05, 0.1) is 16.0 Å². The van der Waals surface area contributed by atoms with Crippen LogP contribution in [-0.4, -0.2) is 20.4 Å². The van der Waals surface area contributed by atoms with Crippen LogP contribution in [0.4, 0.5) is 5.13 Å². The summed E-state index contributed by atoms with van der Waals surface area (Å²) in [5.74, 6) is 1.31. The maximum atomic E-state index is 12.4. The Morgan fingerprint density at radius 3 is 3.00 bits per heavy atom. The summed E-state index contributed by atoms with van der Waals surface area (Å²) in [5, 5.41) is 4.29. The number of benzene rings is 1. The summed E-state index contributed by atoms with van der Waals surface area (Å²) in [4.78, 5) is 21.2. The summed E-state index contributed by atoms with van der Waals surface area (Å²) in [6.07, 6.45) is 3.64. The fourth-order valence-corrected chi connectivity index (χ4v) is 4.27. The van der Waals surface area contributed by atoms with Crippen LogP contribution >= 0.6 is 23.1 Å². The Kier molecular flexibility index (Phi) is 4.52. The van der Waals surface area contributed by atoms with E-state index in [2.05, 4.69) is 15.3 Å². The van der Waals surface area contributed by atoms with Gasteiger partial charge < -0.3 is 8.98 Å². The Balaban J connectivity index is 1.44. The van der Waals surface area contributed by atoms with Gasteiger partial charge in [0, 0.05) is 19.4 Å². The number of hydrogen-bond donors (Lipinski definition) is 1. The number of hydrogen-bond acceptors (Lipinski definition) is 6. The predicted molar refractivity (Wildman–Crippen MR) is 104 cm³/mol. The van der Waals surface area contributed by atoms with E-state index in [1.54, 1.807) is 24.0 Å². The number of aryl methyl sites for hydroxylation is 2. The Bertz CT molecular complexity index is 1080. The van der Waals surface area contributed by atoms with Gasteiger partial charge in [-0.05, 0) is 30.7 Å². The standard InChI is InChI=1S/C18H16N4O2S2/c1-11-4-3-5-14-15(11)20-17(26-14)21-16(23)13-7-6-12(24-13)10-25-18-19-8-9-22(18)2/h3-9H,10H2,1-2H3,(H,20,21,23). The summed E-state index contributed by atoms with van der Waals surface area (Å²) in [5.41, 5.74) is 2.00. The Hall–Kier alpha value is -2.58. The molecule has 0 bridgehead atoms. The molecule has 3 heterocycles. The Morgan fingerprint density at radius 1 is 1.35 bits per heavy atom. The van der Waals surface area contributed by atoms with Crippen molar-refractivity contribution < 1.29 is 9.21 Å². The number of carbonyl (C=O) groups is 1. The number of fused-ring (bicyclic) bond motifs is 1. The van der Waals surface area contributed by atoms with Gasteiger partial charge in [-0.1, -0.05) is 35.2 Å². The lowest BCUT2D eigenvalue weighted by Crippen LogP contribution is -2.10. The number of rotatable bonds is 5. The van der Waals surface area contributed by atoms with Crippen molar-refractivity contribution in [2.24, 2.45) is 7.05 Å². The van der Waals surface area contributed by atoms with E-state index in [0.29, 0.717) is 10.9 Å². The van der Waals surface area contributed by atoms with Gasteiger partial charge in [0.25, 0.3) is 5.91 Å². The molecular formula is C18H16N4O2S2. The minimum Gasteiger partial charge on any atom is -0.455 e. The van der Waals surface area contributed by atoms with Crippen LogP contribution in [0, 0.1) is 6.92 Å². The monoisotopic (exact) mass is 384 g/mol. The van der Waals surface area contributed by atoms with Crippen LogP contribution < -0.4 is 5.32 Å². The van der Waals surface area contributed by atoms with E-state index < -0.39 is 0 Å². The van der Waals surface area contributed by atoms with E-state index in [0.717, 1.165) is 26.7 Å². The van der Waals surface area contributed by atoms with Crippen LogP contribution in [0.1, 0.15) is 21.9 Å². The molecule has 0 saturated heterocycles. The third-order valence-corrected chi connectivity index (χ3v) is 5.86. The Morgan fingerprint density at radius 2 is 2.23 bits per heavy atom. The number of thiazole rings is 1. The van der Waals surface area contributed by atoms with Gasteiger partial charge >= 0.3 is 0 Å². The number of aromatic nitrogens is 3. The smallest absolute Gasteiger partial charge is 0.293 e. The molecule has 0 saturated carbocycles. The number of amides is 1. The highest BCUT2D eigenvalue weighted by Crippen LogP contribution is 2.28. The molecule has 4 aromatic rings. The van der Waals surface area contributed by atoms with E-state index in [1.807, 2.05) is 49.0 Å². The first kappa shape index (κ1) is 16.9. The largest absolute Gasteiger partial charge is 0.455 e. The first-order chi connectivity index (χ1) is 12.6. The molecule has 8 heteroatoms. The zero-order chi connectivity index (χ0) is 18.1. The lowest BCUT2D eigenvalue weighted by Gasteiger charge is -2.00. The number of para-hydroxylation sites is 1. The first-order valence-electron chi connectivity index (χ1n) is 7.96. The summed E-state index contributed by atoms with van der Waals surface area (Å²) in [6, 6.07) is 9.48. The second-order valence-electron chi connectivity index (χ2n) is 5.77. The number of furan rings is 1. The van der Waals surface area contributed by atoms with E-state index >= 15 is 0 Å². The molecule has 0 atom stereocenters. The molecule has 0 fully saturated rings. The number of carbonyl (C=O) groups excluding carboxylic acids is 1. The maximum absolute atomic E-state index is 12.4. The average Bonchev–Trinajstić information content (AvgIpc) is 3.33. The lowest BCUT2D eigenvalue weighted by atomic mass is 10.2. The number of nitrogens with zero attached hydrogens (tertiary/aromatic N) is 3. The van der Waals surface area contributed by atoms with Crippen molar-refractivity contribution in [2.75, 3.05) is 5.32 Å². The van der Waals surface area contributed by atoms with Gasteiger partial charge in [0.2, 0.25) is 0 Å². The summed E-state index contributed by atoms with van der Waals surface area (Å²) in [7, 11) is 1.94. The lowest BCUT2D eigenvalue weighted by molar-refractivity contribution is 0.0995. The third kappa shape index (κ3) is 3.38. The van der Waals surface area contributed by atoms with Gasteiger partial charge in [0.1, 0.15) is 5.76 Å². The quantitative estimate of drug-likeness (QED) is 0.514. The molecule has 0 radical (unpaired) electrons. The van der Waals surface area contributed by atoms with Crippen LogP contribution in [0.2, 0.25) is 0 Å². The van der Waals surface area contributed by atoms with Crippen molar-refractivity contribution >= 4 is 44.4 Å². The first-order valence-corrected chi connectivity index (χ1v) is 9.77. The molecular weight excluding hydrogens is 368 g/mol. The molecule has 1 N–H and O–H groups in total. The van der Waals surface area contributed by atoms with Crippen LogP contribution in [-0.2, 0) is 12.8 Å². The SMILES string of the molecule is Cc1cccc2sc(NC(=O)c3ccc(CSc4nccn4C)o3)nc12. The third-order valence-electron chi connectivity index (χ3n) is 3.85. The molecule has 4 rings (SSSR count). The number of thioether (sulfide) groups is 1. The zero-order valence-electron chi connectivity index (χ0n) is 14.2. The average molecular weight is 384 g/mol. The van der Waals surface area contributed by atoms with E-state index in [-0.39, 0.29) is 11.7 Å². The van der Waals surface area contributed by atoms with Gasteiger partial charge in [-0.25, -0.2) is 9.97 Å². The molecule has 3 aromatic heterocycles. The molecule has 6 nitrogen and oxygen atoms in total. The second kappa shape index (κ2) is 6.97. The fourth-order valence-electron chi connectivity index (χ4n) is 2.50. The van der Waals surface area contributed by atoms with E-state index in [4.69, 9.17) is 4.42 Å². The van der Waals surface area contributed by atoms with Crippen LogP contribution in [0.15, 0.2) is 52.3 Å². The summed E-state index contributed by atoms with van der Waals surface area (Å²) < 4.78 is 8.65. The van der Waals surface area contributed by atoms with Gasteiger partial charge in [-0.2, -0.15) is 0 Å². The van der Waals surface area contributed by atoms with Crippen molar-refractivity contribution in [3.05, 3.63) is 59.8 Å². The van der Waals surface area contributed by atoms with E-state index in [1.165, 1.54) is 11.3 Å². The minimum absolute atomic E-state index is 0.274. The molecule has 0 aliphatic rings. The minimum atomic E-state index is -0.296. The highest BCUT2D eigenvalue weighted by molar-refractivity contribution is 7.98. The highest BCUT2D eigenvalue weighted by atomic mass is 32.2. The summed E-state index contributed by atoms with van der Waals surface area (Å²) in [6.45, 7) is 2.01. The fraction of sp³-hybridized carbons (Fsp3) is 0.167. The molecule has 1 aromatic carbocycles. The van der Waals surface area contributed by atoms with Crippen LogP contribution in [0.25, 0.3) is 10.2 Å². The van der Waals surface area contributed by atoms with Gasteiger partial charge in [-0.15, -0.1) is 0 Å². The van der Waals surface area contributed by atoms with Crippen LogP contribution in [0.5, 0.6) is 0 Å². The van der Waals surface area contributed by atoms with Crippen molar-refractivity contribution in [1.82, 2.24) is 14.5 Å². The molecule has 0 aliphatic carbocycles. The summed E-state index contributed by atoms with van der Waals surface area (Å²) >= 11 is 3.01. The van der Waals surface area contributed by atoms with Crippen molar-refractivity contribution in [1.29, 1.82) is 0 Å². The second-order valence-corrected chi connectivity index (χ2v) is 7.74. The van der Waals surface area contributed by atoms with Crippen molar-refractivity contribution in [3.63, 3.8) is 0 Å². The molecule has 1 amide bonds. The van der Waals surface area contributed by atoms with Crippen molar-refractivity contribution in [2.45, 2.75) is 17.8 Å². The molecule has 26 heavy (non-hydrogen) atoms. The molecule has 132 valence electrons. The molecule has 0 spiro atoms. The topological polar surface area (TPSA) is 73.0 Å². The van der Waals surface area contributed by atoms with Crippen LogP contribution in [0.3, 0.4) is 0 Å². The van der Waals surface area contributed by atoms with E-state index in [9.17, 15) is 4.79 Å². The normalized spacial score (nSPS) is 11.2. The van der Waals surface area contributed by atoms with Gasteiger partial charge in [0.15, 0.2) is 16.0 Å². The maximum Gasteiger partial charge on any atom is 0.293 e. The number of nitrogens with one attached hydrogen (secondary N) is 1. The number of imidazole rings is 1. The predicted octanol–water partition coefficient (Wildman–Crippen LogP) is 4.48. The van der Waals surface area contributed by atoms with Crippen molar-refractivity contribution in [3.8, 4) is 0 Å². The molecule has 0 aliphatic heterocycles. The zero-order valence-corrected chi connectivity index (χ0v) is 15.9. The van der Waals surface area contributed by atoms with Gasteiger partial charge in [-0.3, -0.25) is 10.1 Å². The highest BCUT2D eigenvalue weighted by Gasteiger charge is 2.15.